The number of nitrogens with two attached hydrogens (primary N) is 1. The molecule has 2 aliphatic carbocycles. The van der Waals surface area contributed by atoms with Crippen molar-refractivity contribution in [2.75, 3.05) is 0 Å². The first-order chi connectivity index (χ1) is 6.60. The monoisotopic (exact) mass is 193 g/mol. The Balaban J connectivity index is 2.28. The van der Waals surface area contributed by atoms with Crippen LogP contribution >= 0.6 is 0 Å². The van der Waals surface area contributed by atoms with Gasteiger partial charge in [-0.3, -0.25) is 0 Å². The molecule has 1 unspecified atom stereocenters. The first kappa shape index (κ1) is 9.39. The van der Waals surface area contributed by atoms with Crippen LogP contribution in [0.2, 0.25) is 0 Å². The molecule has 14 heavy (non-hydrogen) atoms. The molecule has 2 bridgehead atoms. The Labute approximate surface area is 84.0 Å². The van der Waals surface area contributed by atoms with E-state index in [0.717, 1.165) is 12.8 Å². The number of carbonyl (C=O) groups is 1. The Bertz CT molecular complexity index is 303. The molecule has 0 aliphatic heterocycles. The fourth-order valence-electron chi connectivity index (χ4n) is 3.20. The van der Waals surface area contributed by atoms with Crippen molar-refractivity contribution in [2.45, 2.75) is 31.8 Å². The van der Waals surface area contributed by atoms with E-state index >= 15 is 0 Å². The van der Waals surface area contributed by atoms with Gasteiger partial charge in [0.05, 0.1) is 0 Å². The number of hydrogen-bond donors (Lipinski definition) is 1. The number of ether oxygens (including phenoxy) is 1. The van der Waals surface area contributed by atoms with E-state index in [2.05, 4.69) is 12.8 Å². The van der Waals surface area contributed by atoms with Crippen molar-refractivity contribution in [1.29, 1.82) is 0 Å². The van der Waals surface area contributed by atoms with Gasteiger partial charge >= 0.3 is 6.09 Å². The zero-order chi connectivity index (χ0) is 10.3. The lowest BCUT2D eigenvalue weighted by molar-refractivity contribution is -0.0143. The van der Waals surface area contributed by atoms with Crippen LogP contribution in [-0.4, -0.2) is 11.7 Å². The van der Waals surface area contributed by atoms with E-state index in [1.54, 1.807) is 0 Å². The summed E-state index contributed by atoms with van der Waals surface area (Å²) in [5, 5.41) is 0. The second-order valence-electron chi connectivity index (χ2n) is 4.42. The van der Waals surface area contributed by atoms with Crippen LogP contribution < -0.4 is 5.73 Å². The average Bonchev–Trinajstić information content (AvgIpc) is 2.68. The number of carbonyl (C=O) groups excluding carboxylic acids is 1. The number of rotatable bonds is 1. The molecule has 2 aliphatic rings. The van der Waals surface area contributed by atoms with E-state index < -0.39 is 11.7 Å². The number of fused-ring (bicyclic) bond motifs is 2. The normalized spacial score (nSPS) is 44.7. The minimum absolute atomic E-state index is 0.249. The molecule has 0 aromatic carbocycles. The molecule has 2 fully saturated rings. The lowest BCUT2D eigenvalue weighted by Crippen LogP contribution is -2.46. The summed E-state index contributed by atoms with van der Waals surface area (Å²) in [5.74, 6) is 3.84. The van der Waals surface area contributed by atoms with Gasteiger partial charge in [-0.15, -0.1) is 6.42 Å². The number of hydrogen-bond acceptors (Lipinski definition) is 2. The lowest BCUT2D eigenvalue weighted by atomic mass is 9.77. The third-order valence-corrected chi connectivity index (χ3v) is 3.96. The highest BCUT2D eigenvalue weighted by molar-refractivity contribution is 5.66. The maximum atomic E-state index is 10.8. The SMILES string of the molecule is C#CC1(OC(N)=O)[C@@H]2CC[C@@H](C2)[C@H]1C. The predicted molar refractivity (Wildman–Crippen MR) is 52.2 cm³/mol. The molecule has 0 heterocycles. The largest absolute Gasteiger partial charge is 0.429 e. The van der Waals surface area contributed by atoms with E-state index in [9.17, 15) is 4.79 Å². The standard InChI is InChI=1S/C11H15NO2/c1-3-11(14-10(12)13)7(2)8-4-5-9(11)6-8/h1,7-9H,4-6H2,2H3,(H2,12,13)/t7-,8+,9-,11?/m1/s1. The Kier molecular flexibility index (Phi) is 1.95. The minimum atomic E-state index is -0.748. The summed E-state index contributed by atoms with van der Waals surface area (Å²) in [5.41, 5.74) is 4.36. The molecule has 0 aromatic heterocycles. The number of terminal acetylenes is 1. The van der Waals surface area contributed by atoms with Gasteiger partial charge in [-0.05, 0) is 25.2 Å². The third-order valence-electron chi connectivity index (χ3n) is 3.96. The number of amides is 1. The molecule has 2 rings (SSSR count). The van der Waals surface area contributed by atoms with E-state index in [1.807, 2.05) is 0 Å². The maximum Gasteiger partial charge on any atom is 0.406 e. The highest BCUT2D eigenvalue weighted by Crippen LogP contribution is 2.55. The lowest BCUT2D eigenvalue weighted by Gasteiger charge is -2.36. The van der Waals surface area contributed by atoms with Gasteiger partial charge in [0.2, 0.25) is 0 Å². The second-order valence-corrected chi connectivity index (χ2v) is 4.42. The topological polar surface area (TPSA) is 52.3 Å². The fourth-order valence-corrected chi connectivity index (χ4v) is 3.20. The van der Waals surface area contributed by atoms with Crippen molar-refractivity contribution in [3.05, 3.63) is 0 Å². The molecular weight excluding hydrogens is 178 g/mol. The summed E-state index contributed by atoms with van der Waals surface area (Å²) in [6, 6.07) is 0. The van der Waals surface area contributed by atoms with Crippen molar-refractivity contribution in [3.8, 4) is 12.3 Å². The zero-order valence-electron chi connectivity index (χ0n) is 8.32. The van der Waals surface area contributed by atoms with Crippen LogP contribution in [0.4, 0.5) is 4.79 Å². The van der Waals surface area contributed by atoms with Crippen molar-refractivity contribution < 1.29 is 9.53 Å². The molecule has 3 heteroatoms. The molecule has 2 saturated carbocycles. The summed E-state index contributed by atoms with van der Waals surface area (Å²) in [6.07, 6.45) is 8.11. The van der Waals surface area contributed by atoms with Crippen molar-refractivity contribution in [1.82, 2.24) is 0 Å². The molecule has 3 nitrogen and oxygen atoms in total. The Morgan fingerprint density at radius 3 is 2.79 bits per heavy atom. The number of primary amides is 1. The van der Waals surface area contributed by atoms with Crippen LogP contribution in [0.25, 0.3) is 0 Å². The Hall–Kier alpha value is -1.17. The fraction of sp³-hybridized carbons (Fsp3) is 0.727. The van der Waals surface area contributed by atoms with Crippen molar-refractivity contribution >= 4 is 6.09 Å². The van der Waals surface area contributed by atoms with Crippen LogP contribution in [0.1, 0.15) is 26.2 Å². The van der Waals surface area contributed by atoms with Crippen molar-refractivity contribution in [2.24, 2.45) is 23.5 Å². The smallest absolute Gasteiger partial charge is 0.406 e. The molecule has 76 valence electrons. The van der Waals surface area contributed by atoms with E-state index in [0.29, 0.717) is 11.8 Å². The first-order valence-corrected chi connectivity index (χ1v) is 5.06. The van der Waals surface area contributed by atoms with Crippen LogP contribution in [0.15, 0.2) is 0 Å². The molecule has 0 saturated heterocycles. The third kappa shape index (κ3) is 1.03. The quantitative estimate of drug-likeness (QED) is 0.642. The summed E-state index contributed by atoms with van der Waals surface area (Å²) in [7, 11) is 0. The van der Waals surface area contributed by atoms with Crippen LogP contribution in [0, 0.1) is 30.1 Å². The molecule has 0 spiro atoms. The van der Waals surface area contributed by atoms with E-state index in [1.165, 1.54) is 6.42 Å². The van der Waals surface area contributed by atoms with Crippen LogP contribution in [0.3, 0.4) is 0 Å². The van der Waals surface area contributed by atoms with Gasteiger partial charge < -0.3 is 10.5 Å². The van der Waals surface area contributed by atoms with Gasteiger partial charge in [0, 0.05) is 11.8 Å². The highest BCUT2D eigenvalue weighted by atomic mass is 16.6. The molecule has 1 amide bonds. The van der Waals surface area contributed by atoms with E-state index in [4.69, 9.17) is 16.9 Å². The summed E-state index contributed by atoms with van der Waals surface area (Å²) < 4.78 is 5.20. The first-order valence-electron chi connectivity index (χ1n) is 5.06. The molecular formula is C11H15NO2. The van der Waals surface area contributed by atoms with Gasteiger partial charge in [0.25, 0.3) is 0 Å². The Morgan fingerprint density at radius 1 is 1.64 bits per heavy atom. The Morgan fingerprint density at radius 2 is 2.36 bits per heavy atom. The summed E-state index contributed by atoms with van der Waals surface area (Å²) in [6.45, 7) is 2.06. The minimum Gasteiger partial charge on any atom is -0.429 e. The van der Waals surface area contributed by atoms with Gasteiger partial charge in [0.1, 0.15) is 0 Å². The molecule has 4 atom stereocenters. The van der Waals surface area contributed by atoms with Gasteiger partial charge in [-0.2, -0.15) is 0 Å². The second kappa shape index (κ2) is 2.91. The highest BCUT2D eigenvalue weighted by Gasteiger charge is 2.58. The summed E-state index contributed by atoms with van der Waals surface area (Å²) >= 11 is 0. The van der Waals surface area contributed by atoms with Crippen LogP contribution in [0.5, 0.6) is 0 Å². The van der Waals surface area contributed by atoms with E-state index in [-0.39, 0.29) is 5.92 Å². The van der Waals surface area contributed by atoms with Gasteiger partial charge in [-0.25, -0.2) is 4.79 Å². The van der Waals surface area contributed by atoms with Crippen molar-refractivity contribution in [3.63, 3.8) is 0 Å². The van der Waals surface area contributed by atoms with Gasteiger partial charge in [-0.1, -0.05) is 12.8 Å². The molecule has 0 radical (unpaired) electrons. The molecule has 2 N–H and O–H groups in total. The predicted octanol–water partition coefficient (Wildman–Crippen LogP) is 1.52. The van der Waals surface area contributed by atoms with Crippen LogP contribution in [-0.2, 0) is 4.74 Å². The zero-order valence-corrected chi connectivity index (χ0v) is 8.32. The van der Waals surface area contributed by atoms with Gasteiger partial charge in [0.15, 0.2) is 5.60 Å². The molecule has 0 aromatic rings. The average molecular weight is 193 g/mol. The summed E-state index contributed by atoms with van der Waals surface area (Å²) in [4.78, 5) is 10.8. The maximum absolute atomic E-state index is 10.8.